The molecule has 0 radical (unpaired) electrons. The molecule has 26 heavy (non-hydrogen) atoms. The second-order valence-electron chi connectivity index (χ2n) is 6.89. The number of hydrogen-bond donors (Lipinski definition) is 3. The first kappa shape index (κ1) is 18.1. The topological polar surface area (TPSA) is 112 Å². The van der Waals surface area contributed by atoms with Gasteiger partial charge in [-0.1, -0.05) is 25.3 Å². The number of nitrogens with zero attached hydrogens (tertiary/aromatic N) is 1. The Hall–Kier alpha value is -2.70. The number of hydrogen-bond acceptors (Lipinski definition) is 4. The smallest absolute Gasteiger partial charge is 0.306 e. The Bertz CT molecular complexity index is 808. The third-order valence-corrected chi connectivity index (χ3v) is 5.06. The lowest BCUT2D eigenvalue weighted by molar-refractivity contribution is -0.142. The molecular formula is C19H23N3O4. The lowest BCUT2D eigenvalue weighted by Crippen LogP contribution is -2.39. The van der Waals surface area contributed by atoms with Crippen LogP contribution in [0, 0.1) is 5.92 Å². The van der Waals surface area contributed by atoms with Gasteiger partial charge in [0.25, 0.3) is 0 Å². The number of piperidine rings is 1. The second kappa shape index (κ2) is 8.12. The summed E-state index contributed by atoms with van der Waals surface area (Å²) in [5, 5.41) is 18.7. The molecule has 2 heterocycles. The molecule has 1 aliphatic heterocycles. The molecule has 2 amide bonds. The van der Waals surface area contributed by atoms with Gasteiger partial charge < -0.3 is 5.11 Å². The van der Waals surface area contributed by atoms with E-state index in [0.717, 1.165) is 42.1 Å². The van der Waals surface area contributed by atoms with E-state index in [2.05, 4.69) is 15.5 Å². The van der Waals surface area contributed by atoms with Crippen molar-refractivity contribution in [1.82, 2.24) is 15.5 Å². The number of aromatic amines is 1. The van der Waals surface area contributed by atoms with E-state index in [1.807, 2.05) is 18.2 Å². The molecule has 1 saturated heterocycles. The van der Waals surface area contributed by atoms with Crippen molar-refractivity contribution in [3.05, 3.63) is 30.0 Å². The van der Waals surface area contributed by atoms with E-state index in [-0.39, 0.29) is 23.7 Å². The summed E-state index contributed by atoms with van der Waals surface area (Å²) in [5.41, 5.74) is 1.88. The quantitative estimate of drug-likeness (QED) is 0.716. The van der Waals surface area contributed by atoms with Gasteiger partial charge in [-0.25, -0.2) is 0 Å². The average molecular weight is 357 g/mol. The molecule has 1 aromatic heterocycles. The average Bonchev–Trinajstić information content (AvgIpc) is 3.11. The lowest BCUT2D eigenvalue weighted by Gasteiger charge is -2.20. The minimum atomic E-state index is -0.602. The van der Waals surface area contributed by atoms with Gasteiger partial charge >= 0.3 is 5.97 Å². The zero-order chi connectivity index (χ0) is 18.5. The number of carbonyl (C=O) groups excluding carboxylic acids is 2. The van der Waals surface area contributed by atoms with Gasteiger partial charge in [-0.05, 0) is 37.0 Å². The number of amides is 2. The highest BCUT2D eigenvalue weighted by Crippen LogP contribution is 2.27. The van der Waals surface area contributed by atoms with Crippen molar-refractivity contribution in [1.29, 1.82) is 0 Å². The largest absolute Gasteiger partial charge is 0.481 e. The molecule has 7 nitrogen and oxygen atoms in total. The molecule has 138 valence electrons. The monoisotopic (exact) mass is 357 g/mol. The van der Waals surface area contributed by atoms with Crippen LogP contribution < -0.4 is 5.32 Å². The number of nitrogens with one attached hydrogen (secondary N) is 2. The van der Waals surface area contributed by atoms with Crippen molar-refractivity contribution >= 4 is 28.7 Å². The van der Waals surface area contributed by atoms with Gasteiger partial charge in [0.15, 0.2) is 0 Å². The minimum Gasteiger partial charge on any atom is -0.481 e. The van der Waals surface area contributed by atoms with Gasteiger partial charge in [-0.2, -0.15) is 5.10 Å². The number of carbonyl (C=O) groups is 3. The molecule has 2 fully saturated rings. The third-order valence-electron chi connectivity index (χ3n) is 5.06. The van der Waals surface area contributed by atoms with Gasteiger partial charge in [-0.3, -0.25) is 24.8 Å². The molecular weight excluding hydrogens is 334 g/mol. The maximum absolute atomic E-state index is 11.7. The van der Waals surface area contributed by atoms with E-state index < -0.39 is 5.97 Å². The standard InChI is InChI=1S/C12H11N3O2.C7H12O2/c16-11-4-2-9(12(17)14-11)7-1-3-10-8(5-7)6-13-15-10;8-7(9)6-4-2-1-3-5-6/h1,3,5-6,9H,2,4H2,(H,13,15)(H,14,16,17);6H,1-5H2,(H,8,9). The molecule has 3 N–H and O–H groups in total. The normalized spacial score (nSPS) is 21.0. The molecule has 1 aromatic carbocycles. The summed E-state index contributed by atoms with van der Waals surface area (Å²) in [5.74, 6) is -1.25. The molecule has 0 spiro atoms. The Balaban J connectivity index is 0.000000185. The van der Waals surface area contributed by atoms with Crippen LogP contribution in [0.15, 0.2) is 24.4 Å². The zero-order valence-corrected chi connectivity index (χ0v) is 14.5. The zero-order valence-electron chi connectivity index (χ0n) is 14.5. The van der Waals surface area contributed by atoms with Crippen LogP contribution in [0.2, 0.25) is 0 Å². The third kappa shape index (κ3) is 4.28. The molecule has 2 aliphatic rings. The van der Waals surface area contributed by atoms with Crippen LogP contribution in [0.5, 0.6) is 0 Å². The van der Waals surface area contributed by atoms with Crippen LogP contribution >= 0.6 is 0 Å². The Kier molecular flexibility index (Phi) is 5.65. The molecule has 1 atom stereocenters. The molecule has 1 saturated carbocycles. The van der Waals surface area contributed by atoms with Crippen molar-refractivity contribution in [2.75, 3.05) is 0 Å². The number of benzene rings is 1. The number of fused-ring (bicyclic) bond motifs is 1. The van der Waals surface area contributed by atoms with Crippen molar-refractivity contribution in [2.45, 2.75) is 50.9 Å². The number of carboxylic acid groups (broad SMARTS) is 1. The van der Waals surface area contributed by atoms with Crippen LogP contribution in [-0.2, 0) is 14.4 Å². The number of carboxylic acids is 1. The highest BCUT2D eigenvalue weighted by atomic mass is 16.4. The summed E-state index contributed by atoms with van der Waals surface area (Å²) in [6.07, 6.45) is 7.95. The summed E-state index contributed by atoms with van der Waals surface area (Å²) in [6, 6.07) is 5.75. The highest BCUT2D eigenvalue weighted by molar-refractivity contribution is 6.01. The first-order valence-corrected chi connectivity index (χ1v) is 9.04. The maximum atomic E-state index is 11.7. The van der Waals surface area contributed by atoms with Gasteiger partial charge in [0.05, 0.1) is 23.5 Å². The molecule has 1 unspecified atom stereocenters. The van der Waals surface area contributed by atoms with E-state index in [9.17, 15) is 14.4 Å². The Morgan fingerprint density at radius 3 is 2.54 bits per heavy atom. The first-order valence-electron chi connectivity index (χ1n) is 9.04. The molecule has 2 aromatic rings. The number of aliphatic carboxylic acids is 1. The SMILES string of the molecule is O=C(O)C1CCCCC1.O=C1CCC(c2ccc3[nH]ncc3c2)C(=O)N1. The number of aromatic nitrogens is 2. The fourth-order valence-corrected chi connectivity index (χ4v) is 3.54. The van der Waals surface area contributed by atoms with Gasteiger partial charge in [-0.15, -0.1) is 0 Å². The van der Waals surface area contributed by atoms with Gasteiger partial charge in [0.1, 0.15) is 0 Å². The van der Waals surface area contributed by atoms with Gasteiger partial charge in [0.2, 0.25) is 11.8 Å². The van der Waals surface area contributed by atoms with E-state index in [0.29, 0.717) is 12.8 Å². The van der Waals surface area contributed by atoms with Crippen LogP contribution in [0.1, 0.15) is 56.4 Å². The fraction of sp³-hybridized carbons (Fsp3) is 0.474. The summed E-state index contributed by atoms with van der Waals surface area (Å²) >= 11 is 0. The predicted octanol–water partition coefficient (Wildman–Crippen LogP) is 2.73. The lowest BCUT2D eigenvalue weighted by atomic mass is 9.90. The number of imide groups is 1. The van der Waals surface area contributed by atoms with E-state index in [4.69, 9.17) is 5.11 Å². The summed E-state index contributed by atoms with van der Waals surface area (Å²) < 4.78 is 0. The number of rotatable bonds is 2. The van der Waals surface area contributed by atoms with Crippen molar-refractivity contribution in [3.63, 3.8) is 0 Å². The van der Waals surface area contributed by atoms with E-state index >= 15 is 0 Å². The van der Waals surface area contributed by atoms with Crippen molar-refractivity contribution < 1.29 is 19.5 Å². The summed E-state index contributed by atoms with van der Waals surface area (Å²) in [7, 11) is 0. The second-order valence-corrected chi connectivity index (χ2v) is 6.89. The Morgan fingerprint density at radius 1 is 1.12 bits per heavy atom. The minimum absolute atomic E-state index is 0.0289. The molecule has 0 bridgehead atoms. The number of H-pyrrole nitrogens is 1. The van der Waals surface area contributed by atoms with E-state index in [1.165, 1.54) is 6.42 Å². The van der Waals surface area contributed by atoms with Gasteiger partial charge in [0, 0.05) is 11.8 Å². The van der Waals surface area contributed by atoms with Crippen molar-refractivity contribution in [2.24, 2.45) is 5.92 Å². The first-order chi connectivity index (χ1) is 12.5. The van der Waals surface area contributed by atoms with Crippen LogP contribution in [0.4, 0.5) is 0 Å². The molecule has 7 heteroatoms. The molecule has 4 rings (SSSR count). The summed E-state index contributed by atoms with van der Waals surface area (Å²) in [4.78, 5) is 33.2. The van der Waals surface area contributed by atoms with Crippen LogP contribution in [-0.4, -0.2) is 33.1 Å². The predicted molar refractivity (Wildman–Crippen MR) is 95.4 cm³/mol. The fourth-order valence-electron chi connectivity index (χ4n) is 3.54. The summed E-state index contributed by atoms with van der Waals surface area (Å²) in [6.45, 7) is 0. The Morgan fingerprint density at radius 2 is 1.88 bits per heavy atom. The molecule has 1 aliphatic carbocycles. The Labute approximate surface area is 151 Å². The highest BCUT2D eigenvalue weighted by Gasteiger charge is 2.27. The van der Waals surface area contributed by atoms with Crippen LogP contribution in [0.25, 0.3) is 10.9 Å². The maximum Gasteiger partial charge on any atom is 0.306 e. The van der Waals surface area contributed by atoms with Crippen LogP contribution in [0.3, 0.4) is 0 Å². The van der Waals surface area contributed by atoms with E-state index in [1.54, 1.807) is 6.20 Å². The van der Waals surface area contributed by atoms with Crippen molar-refractivity contribution in [3.8, 4) is 0 Å².